The fraction of sp³-hybridized carbons (Fsp3) is 0.375. The molecule has 0 bridgehead atoms. The van der Waals surface area contributed by atoms with E-state index in [9.17, 15) is 4.79 Å². The second kappa shape index (κ2) is 6.72. The first-order valence-electron chi connectivity index (χ1n) is 7.15. The number of carbonyl (C=O) groups is 1. The lowest BCUT2D eigenvalue weighted by Gasteiger charge is -2.21. The fourth-order valence-electron chi connectivity index (χ4n) is 2.28. The van der Waals surface area contributed by atoms with Gasteiger partial charge in [-0.3, -0.25) is 4.79 Å². The van der Waals surface area contributed by atoms with Crippen molar-refractivity contribution in [3.8, 4) is 10.4 Å². The van der Waals surface area contributed by atoms with Crippen molar-refractivity contribution >= 4 is 28.1 Å². The summed E-state index contributed by atoms with van der Waals surface area (Å²) >= 11 is 1.51. The molecule has 0 unspecified atom stereocenters. The van der Waals surface area contributed by atoms with Crippen LogP contribution >= 0.6 is 11.3 Å². The molecule has 1 amide bonds. The van der Waals surface area contributed by atoms with Crippen molar-refractivity contribution in [1.82, 2.24) is 4.98 Å². The van der Waals surface area contributed by atoms with Gasteiger partial charge in [-0.1, -0.05) is 23.5 Å². The number of amides is 1. The Kier molecular flexibility index (Phi) is 4.96. The summed E-state index contributed by atoms with van der Waals surface area (Å²) in [5.74, 6) is -0.0906. The van der Waals surface area contributed by atoms with E-state index >= 15 is 0 Å². The summed E-state index contributed by atoms with van der Waals surface area (Å²) < 4.78 is 0. The summed E-state index contributed by atoms with van der Waals surface area (Å²) in [6, 6.07) is 8.51. The predicted molar refractivity (Wildman–Crippen MR) is 90.2 cm³/mol. The molecule has 1 aromatic heterocycles. The average molecular weight is 303 g/mol. The predicted octanol–water partition coefficient (Wildman–Crippen LogP) is 3.92. The summed E-state index contributed by atoms with van der Waals surface area (Å²) in [6.45, 7) is 9.78. The van der Waals surface area contributed by atoms with Crippen molar-refractivity contribution in [3.63, 3.8) is 0 Å². The highest BCUT2D eigenvalue weighted by Crippen LogP contribution is 2.33. The van der Waals surface area contributed by atoms with Gasteiger partial charge >= 0.3 is 0 Å². The first-order valence-corrected chi connectivity index (χ1v) is 7.97. The molecule has 0 fully saturated rings. The molecule has 0 radical (unpaired) electrons. The fourth-order valence-corrected chi connectivity index (χ4v) is 3.30. The Morgan fingerprint density at radius 2 is 1.86 bits per heavy atom. The van der Waals surface area contributed by atoms with Crippen LogP contribution in [-0.4, -0.2) is 24.0 Å². The number of hydrogen-bond acceptors (Lipinski definition) is 4. The van der Waals surface area contributed by atoms with Gasteiger partial charge in [0.25, 0.3) is 0 Å². The maximum atomic E-state index is 11.1. The monoisotopic (exact) mass is 303 g/mol. The van der Waals surface area contributed by atoms with E-state index in [4.69, 9.17) is 0 Å². The minimum absolute atomic E-state index is 0.0906. The molecule has 21 heavy (non-hydrogen) atoms. The highest BCUT2D eigenvalue weighted by Gasteiger charge is 2.11. The molecule has 112 valence electrons. The van der Waals surface area contributed by atoms with Crippen LogP contribution in [0.2, 0.25) is 0 Å². The minimum atomic E-state index is -0.0906. The van der Waals surface area contributed by atoms with Crippen molar-refractivity contribution < 1.29 is 4.79 Å². The lowest BCUT2D eigenvalue weighted by atomic mass is 10.1. The maximum absolute atomic E-state index is 11.1. The molecule has 1 aromatic carbocycles. The molecule has 0 spiro atoms. The van der Waals surface area contributed by atoms with Gasteiger partial charge in [0.1, 0.15) is 0 Å². The summed E-state index contributed by atoms with van der Waals surface area (Å²) in [7, 11) is 0. The number of thiazole rings is 1. The number of nitrogens with one attached hydrogen (secondary N) is 1. The standard InChI is InChI=1S/C16H21N3OS/c1-5-19(6-2)14-9-7-13(8-10-14)15-11(3)17-16(21-15)18-12(4)20/h7-10H,5-6H2,1-4H3,(H,17,18,20). The molecule has 5 heteroatoms. The van der Waals surface area contributed by atoms with Gasteiger partial charge in [0, 0.05) is 25.7 Å². The van der Waals surface area contributed by atoms with Crippen molar-refractivity contribution in [2.24, 2.45) is 0 Å². The van der Waals surface area contributed by atoms with Gasteiger partial charge in [-0.05, 0) is 38.5 Å². The number of hydrogen-bond donors (Lipinski definition) is 1. The van der Waals surface area contributed by atoms with Gasteiger partial charge in [-0.15, -0.1) is 0 Å². The summed E-state index contributed by atoms with van der Waals surface area (Å²) in [5.41, 5.74) is 3.31. The summed E-state index contributed by atoms with van der Waals surface area (Å²) in [4.78, 5) is 18.9. The highest BCUT2D eigenvalue weighted by atomic mass is 32.1. The van der Waals surface area contributed by atoms with E-state index in [1.54, 1.807) is 0 Å². The molecular formula is C16H21N3OS. The molecule has 1 heterocycles. The largest absolute Gasteiger partial charge is 0.372 e. The molecule has 0 aliphatic carbocycles. The van der Waals surface area contributed by atoms with Gasteiger partial charge in [0.15, 0.2) is 5.13 Å². The second-order valence-electron chi connectivity index (χ2n) is 4.83. The average Bonchev–Trinajstić information content (AvgIpc) is 2.81. The Labute approximate surface area is 129 Å². The zero-order chi connectivity index (χ0) is 15.4. The van der Waals surface area contributed by atoms with Crippen LogP contribution in [0.25, 0.3) is 10.4 Å². The van der Waals surface area contributed by atoms with Gasteiger partial charge in [0.2, 0.25) is 5.91 Å². The normalized spacial score (nSPS) is 10.5. The Hall–Kier alpha value is -1.88. The van der Waals surface area contributed by atoms with Crippen LogP contribution < -0.4 is 10.2 Å². The van der Waals surface area contributed by atoms with E-state index in [2.05, 4.69) is 53.3 Å². The number of anilines is 2. The molecule has 0 saturated carbocycles. The van der Waals surface area contributed by atoms with Gasteiger partial charge in [0.05, 0.1) is 10.6 Å². The molecule has 4 nitrogen and oxygen atoms in total. The maximum Gasteiger partial charge on any atom is 0.223 e. The number of aromatic nitrogens is 1. The third kappa shape index (κ3) is 3.61. The van der Waals surface area contributed by atoms with Gasteiger partial charge in [-0.25, -0.2) is 4.98 Å². The SMILES string of the molecule is CCN(CC)c1ccc(-c2sc(NC(C)=O)nc2C)cc1. The Balaban J connectivity index is 2.26. The third-order valence-electron chi connectivity index (χ3n) is 3.34. The first kappa shape index (κ1) is 15.5. The van der Waals surface area contributed by atoms with Crippen LogP contribution in [0.5, 0.6) is 0 Å². The van der Waals surface area contributed by atoms with Crippen molar-refractivity contribution in [1.29, 1.82) is 0 Å². The van der Waals surface area contributed by atoms with Crippen LogP contribution in [0, 0.1) is 6.92 Å². The first-order chi connectivity index (χ1) is 10.0. The van der Waals surface area contributed by atoms with E-state index < -0.39 is 0 Å². The van der Waals surface area contributed by atoms with E-state index in [0.29, 0.717) is 5.13 Å². The van der Waals surface area contributed by atoms with E-state index in [-0.39, 0.29) is 5.91 Å². The Morgan fingerprint density at radius 3 is 2.38 bits per heavy atom. The summed E-state index contributed by atoms with van der Waals surface area (Å²) in [5, 5.41) is 3.40. The molecule has 0 saturated heterocycles. The van der Waals surface area contributed by atoms with E-state index in [0.717, 1.165) is 29.2 Å². The Bertz CT molecular complexity index is 615. The van der Waals surface area contributed by atoms with E-state index in [1.807, 2.05) is 6.92 Å². The second-order valence-corrected chi connectivity index (χ2v) is 5.83. The lowest BCUT2D eigenvalue weighted by Crippen LogP contribution is -2.21. The van der Waals surface area contributed by atoms with Crippen LogP contribution in [0.15, 0.2) is 24.3 Å². The van der Waals surface area contributed by atoms with Crippen molar-refractivity contribution in [2.45, 2.75) is 27.7 Å². The van der Waals surface area contributed by atoms with Crippen LogP contribution in [0.1, 0.15) is 26.5 Å². The molecule has 0 aliphatic heterocycles. The zero-order valence-electron chi connectivity index (χ0n) is 12.9. The van der Waals surface area contributed by atoms with Crippen molar-refractivity contribution in [2.75, 3.05) is 23.3 Å². The van der Waals surface area contributed by atoms with Gasteiger partial charge < -0.3 is 10.2 Å². The number of rotatable bonds is 5. The topological polar surface area (TPSA) is 45.2 Å². The quantitative estimate of drug-likeness (QED) is 0.910. The molecule has 0 atom stereocenters. The molecule has 2 rings (SSSR count). The third-order valence-corrected chi connectivity index (χ3v) is 4.46. The van der Waals surface area contributed by atoms with Gasteiger partial charge in [-0.2, -0.15) is 0 Å². The number of benzene rings is 1. The number of aryl methyl sites for hydroxylation is 1. The number of carbonyl (C=O) groups excluding carboxylic acids is 1. The molecule has 1 N–H and O–H groups in total. The summed E-state index contributed by atoms with van der Waals surface area (Å²) in [6.07, 6.45) is 0. The van der Waals surface area contributed by atoms with Crippen LogP contribution in [-0.2, 0) is 4.79 Å². The molecule has 2 aromatic rings. The number of nitrogens with zero attached hydrogens (tertiary/aromatic N) is 2. The zero-order valence-corrected chi connectivity index (χ0v) is 13.8. The smallest absolute Gasteiger partial charge is 0.223 e. The lowest BCUT2D eigenvalue weighted by molar-refractivity contribution is -0.114. The van der Waals surface area contributed by atoms with Crippen LogP contribution in [0.4, 0.5) is 10.8 Å². The highest BCUT2D eigenvalue weighted by molar-refractivity contribution is 7.19. The minimum Gasteiger partial charge on any atom is -0.372 e. The van der Waals surface area contributed by atoms with Crippen LogP contribution in [0.3, 0.4) is 0 Å². The molecular weight excluding hydrogens is 282 g/mol. The molecule has 0 aliphatic rings. The van der Waals surface area contributed by atoms with E-state index in [1.165, 1.54) is 23.9 Å². The Morgan fingerprint density at radius 1 is 1.24 bits per heavy atom. The van der Waals surface area contributed by atoms with Crippen molar-refractivity contribution in [3.05, 3.63) is 30.0 Å².